The molecule has 2 amide bonds. The van der Waals surface area contributed by atoms with Crippen molar-refractivity contribution in [3.8, 4) is 11.1 Å². The van der Waals surface area contributed by atoms with E-state index >= 15 is 0 Å². The number of amides is 2. The summed E-state index contributed by atoms with van der Waals surface area (Å²) < 4.78 is 11.7. The Bertz CT molecular complexity index is 1360. The molecule has 3 aromatic rings. The van der Waals surface area contributed by atoms with Crippen LogP contribution in [0.1, 0.15) is 55.2 Å². The molecular weight excluding hydrogens is 520 g/mol. The molecule has 0 spiro atoms. The van der Waals surface area contributed by atoms with Gasteiger partial charge < -0.3 is 24.8 Å². The molecule has 0 saturated heterocycles. The molecule has 41 heavy (non-hydrogen) atoms. The summed E-state index contributed by atoms with van der Waals surface area (Å²) in [5.74, 6) is -1.70. The molecular formula is C33H36N2O6. The summed E-state index contributed by atoms with van der Waals surface area (Å²) in [4.78, 5) is 40.6. The average molecular weight is 557 g/mol. The third-order valence-electron chi connectivity index (χ3n) is 8.51. The molecule has 0 heterocycles. The largest absolute Gasteiger partial charge is 0.479 e. The number of ether oxygens (including phenoxy) is 2. The van der Waals surface area contributed by atoms with Crippen LogP contribution in [0.3, 0.4) is 0 Å². The van der Waals surface area contributed by atoms with Crippen LogP contribution in [0.2, 0.25) is 0 Å². The molecule has 2 unspecified atom stereocenters. The fourth-order valence-electron chi connectivity index (χ4n) is 6.12. The lowest BCUT2D eigenvalue weighted by Crippen LogP contribution is -2.61. The van der Waals surface area contributed by atoms with Gasteiger partial charge in [0.1, 0.15) is 18.2 Å². The molecule has 2 aliphatic rings. The number of carbonyl (C=O) groups is 3. The molecule has 0 aliphatic heterocycles. The first-order valence-corrected chi connectivity index (χ1v) is 14.1. The molecule has 0 bridgehead atoms. The highest BCUT2D eigenvalue weighted by atomic mass is 16.5. The van der Waals surface area contributed by atoms with E-state index in [2.05, 4.69) is 17.4 Å². The molecule has 8 heteroatoms. The Kier molecular flexibility index (Phi) is 8.40. The Hall–Kier alpha value is -4.17. The Morgan fingerprint density at radius 2 is 1.49 bits per heavy atom. The number of alkyl carbamates (subject to hydrolysis) is 1. The average Bonchev–Trinajstić information content (AvgIpc) is 3.62. The standard InChI is InChI=1S/C33H36N2O6/c1-22(40-20-23-12-4-3-5-13-23)29(30(36)35(2)33(31(37)38)18-10-11-19-33)34-32(39)41-21-28-26-16-8-6-14-24(26)25-15-7-9-17-27(25)28/h3-9,12-17,22,28-29H,10-11,18-21H2,1-2H3,(H,34,39)(H,37,38). The predicted molar refractivity (Wildman–Crippen MR) is 154 cm³/mol. The van der Waals surface area contributed by atoms with Crippen molar-refractivity contribution in [2.24, 2.45) is 0 Å². The van der Waals surface area contributed by atoms with Gasteiger partial charge in [0.2, 0.25) is 5.91 Å². The number of aliphatic carboxylic acids is 1. The highest BCUT2D eigenvalue weighted by Gasteiger charge is 2.49. The van der Waals surface area contributed by atoms with Gasteiger partial charge in [-0.25, -0.2) is 9.59 Å². The fourth-order valence-corrected chi connectivity index (χ4v) is 6.12. The fraction of sp³-hybridized carbons (Fsp3) is 0.364. The van der Waals surface area contributed by atoms with E-state index < -0.39 is 35.7 Å². The normalized spacial score (nSPS) is 16.7. The molecule has 2 aliphatic carbocycles. The summed E-state index contributed by atoms with van der Waals surface area (Å²) in [5.41, 5.74) is 4.00. The van der Waals surface area contributed by atoms with Crippen LogP contribution in [-0.2, 0) is 25.7 Å². The lowest BCUT2D eigenvalue weighted by Gasteiger charge is -2.38. The van der Waals surface area contributed by atoms with Gasteiger partial charge in [0.25, 0.3) is 0 Å². The molecule has 5 rings (SSSR count). The number of carboxylic acids is 1. The highest BCUT2D eigenvalue weighted by molar-refractivity contribution is 5.92. The number of benzene rings is 3. The van der Waals surface area contributed by atoms with Gasteiger partial charge in [0.05, 0.1) is 12.7 Å². The van der Waals surface area contributed by atoms with Crippen LogP contribution in [0, 0.1) is 0 Å². The molecule has 1 fully saturated rings. The monoisotopic (exact) mass is 556 g/mol. The van der Waals surface area contributed by atoms with E-state index in [1.807, 2.05) is 66.7 Å². The summed E-state index contributed by atoms with van der Waals surface area (Å²) in [6.07, 6.45) is 0.647. The van der Waals surface area contributed by atoms with Crippen molar-refractivity contribution in [1.29, 1.82) is 0 Å². The van der Waals surface area contributed by atoms with Crippen LogP contribution in [0.25, 0.3) is 11.1 Å². The van der Waals surface area contributed by atoms with Crippen LogP contribution < -0.4 is 5.32 Å². The second kappa shape index (κ2) is 12.1. The van der Waals surface area contributed by atoms with Crippen LogP contribution in [0.15, 0.2) is 78.9 Å². The second-order valence-corrected chi connectivity index (χ2v) is 10.9. The SMILES string of the molecule is CC(OCc1ccccc1)C(NC(=O)OCC1c2ccccc2-c2ccccc21)C(=O)N(C)C1(C(=O)O)CCCC1. The van der Waals surface area contributed by atoms with E-state index in [-0.39, 0.29) is 19.1 Å². The summed E-state index contributed by atoms with van der Waals surface area (Å²) in [6, 6.07) is 24.5. The number of likely N-dealkylation sites (N-methyl/N-ethyl adjacent to an activating group) is 1. The van der Waals surface area contributed by atoms with E-state index in [9.17, 15) is 19.5 Å². The minimum atomic E-state index is -1.31. The van der Waals surface area contributed by atoms with E-state index in [1.54, 1.807) is 6.92 Å². The third-order valence-corrected chi connectivity index (χ3v) is 8.51. The van der Waals surface area contributed by atoms with Crippen molar-refractivity contribution >= 4 is 18.0 Å². The zero-order valence-electron chi connectivity index (χ0n) is 23.4. The lowest BCUT2D eigenvalue weighted by molar-refractivity contribution is -0.159. The van der Waals surface area contributed by atoms with Gasteiger partial charge in [-0.05, 0) is 47.6 Å². The quantitative estimate of drug-likeness (QED) is 0.349. The first-order valence-electron chi connectivity index (χ1n) is 14.1. The number of nitrogens with one attached hydrogen (secondary N) is 1. The molecule has 214 valence electrons. The summed E-state index contributed by atoms with van der Waals surface area (Å²) >= 11 is 0. The zero-order chi connectivity index (χ0) is 29.0. The minimum absolute atomic E-state index is 0.0922. The maximum absolute atomic E-state index is 13.8. The van der Waals surface area contributed by atoms with Gasteiger partial charge in [-0.3, -0.25) is 4.79 Å². The van der Waals surface area contributed by atoms with Crippen LogP contribution >= 0.6 is 0 Å². The number of nitrogens with zero attached hydrogens (tertiary/aromatic N) is 1. The smallest absolute Gasteiger partial charge is 0.407 e. The van der Waals surface area contributed by atoms with Crippen molar-refractivity contribution in [1.82, 2.24) is 10.2 Å². The number of carboxylic acid groups (broad SMARTS) is 1. The number of fused-ring (bicyclic) bond motifs is 3. The Balaban J connectivity index is 1.32. The van der Waals surface area contributed by atoms with Crippen molar-refractivity contribution in [2.45, 2.75) is 62.8 Å². The molecule has 0 aromatic heterocycles. The topological polar surface area (TPSA) is 105 Å². The third kappa shape index (κ3) is 5.70. The first kappa shape index (κ1) is 28.4. The maximum atomic E-state index is 13.8. The number of hydrogen-bond acceptors (Lipinski definition) is 5. The highest BCUT2D eigenvalue weighted by Crippen LogP contribution is 2.44. The lowest BCUT2D eigenvalue weighted by atomic mass is 9.94. The van der Waals surface area contributed by atoms with Gasteiger partial charge in [-0.1, -0.05) is 91.7 Å². The second-order valence-electron chi connectivity index (χ2n) is 10.9. The van der Waals surface area contributed by atoms with Crippen molar-refractivity contribution < 1.29 is 29.0 Å². The summed E-state index contributed by atoms with van der Waals surface area (Å²) in [7, 11) is 1.50. The van der Waals surface area contributed by atoms with Gasteiger partial charge in [0, 0.05) is 13.0 Å². The van der Waals surface area contributed by atoms with Crippen LogP contribution in [0.5, 0.6) is 0 Å². The molecule has 3 aromatic carbocycles. The minimum Gasteiger partial charge on any atom is -0.479 e. The molecule has 2 atom stereocenters. The summed E-state index contributed by atoms with van der Waals surface area (Å²) in [5, 5.41) is 12.8. The van der Waals surface area contributed by atoms with Gasteiger partial charge in [-0.2, -0.15) is 0 Å². The van der Waals surface area contributed by atoms with E-state index in [4.69, 9.17) is 9.47 Å². The molecule has 1 saturated carbocycles. The van der Waals surface area contributed by atoms with Crippen LogP contribution in [0.4, 0.5) is 4.79 Å². The number of carbonyl (C=O) groups excluding carboxylic acids is 2. The van der Waals surface area contributed by atoms with Crippen molar-refractivity contribution in [3.63, 3.8) is 0 Å². The first-order chi connectivity index (χ1) is 19.8. The Morgan fingerprint density at radius 1 is 0.927 bits per heavy atom. The summed E-state index contributed by atoms with van der Waals surface area (Å²) in [6.45, 7) is 2.02. The number of rotatable bonds is 10. The van der Waals surface area contributed by atoms with E-state index in [0.29, 0.717) is 25.7 Å². The van der Waals surface area contributed by atoms with Gasteiger partial charge in [-0.15, -0.1) is 0 Å². The van der Waals surface area contributed by atoms with Gasteiger partial charge in [0.15, 0.2) is 0 Å². The Labute approximate surface area is 240 Å². The van der Waals surface area contributed by atoms with Crippen LogP contribution in [-0.4, -0.2) is 59.3 Å². The molecule has 0 radical (unpaired) electrons. The zero-order valence-corrected chi connectivity index (χ0v) is 23.4. The van der Waals surface area contributed by atoms with Gasteiger partial charge >= 0.3 is 12.1 Å². The number of hydrogen-bond donors (Lipinski definition) is 2. The van der Waals surface area contributed by atoms with Crippen molar-refractivity contribution in [3.05, 3.63) is 95.6 Å². The van der Waals surface area contributed by atoms with Crippen molar-refractivity contribution in [2.75, 3.05) is 13.7 Å². The van der Waals surface area contributed by atoms with E-state index in [0.717, 1.165) is 27.8 Å². The molecule has 8 nitrogen and oxygen atoms in total. The molecule has 2 N–H and O–H groups in total. The predicted octanol–water partition coefficient (Wildman–Crippen LogP) is 5.35. The maximum Gasteiger partial charge on any atom is 0.407 e. The van der Waals surface area contributed by atoms with E-state index in [1.165, 1.54) is 11.9 Å². The Morgan fingerprint density at radius 3 is 2.07 bits per heavy atom.